The Bertz CT molecular complexity index is 800. The van der Waals surface area contributed by atoms with Crippen LogP contribution in [0.4, 0.5) is 0 Å². The predicted octanol–water partition coefficient (Wildman–Crippen LogP) is 3.65. The van der Waals surface area contributed by atoms with E-state index in [4.69, 9.17) is 4.84 Å². The summed E-state index contributed by atoms with van der Waals surface area (Å²) in [5, 5.41) is 36.0. The molecular formula is C21H24N2O3S2. The van der Waals surface area contributed by atoms with Crippen LogP contribution in [0.2, 0.25) is 0 Å². The number of oxime groups is 1. The molecule has 5 nitrogen and oxygen atoms in total. The van der Waals surface area contributed by atoms with Crippen molar-refractivity contribution in [2.24, 2.45) is 5.16 Å². The first-order valence-electron chi connectivity index (χ1n) is 9.04. The fraction of sp³-hybridized carbons (Fsp3) is 0.286. The molecule has 2 aromatic heterocycles. The molecule has 7 heteroatoms. The largest absolute Gasteiger partial charge is 0.392 e. The molecule has 28 heavy (non-hydrogen) atoms. The van der Waals surface area contributed by atoms with Crippen molar-refractivity contribution in [3.63, 3.8) is 0 Å². The third-order valence-corrected chi connectivity index (χ3v) is 5.67. The number of aliphatic hydroxyl groups is 2. The molecule has 3 unspecified atom stereocenters. The van der Waals surface area contributed by atoms with Crippen LogP contribution in [0, 0.1) is 0 Å². The SMILES string of the molecule is CC(NCC(O)CON=C(c1ccsc1)c1ccsc1)C(O)c1ccccc1. The van der Waals surface area contributed by atoms with Gasteiger partial charge in [-0.15, -0.1) is 0 Å². The van der Waals surface area contributed by atoms with Crippen molar-refractivity contribution in [2.75, 3.05) is 13.2 Å². The van der Waals surface area contributed by atoms with E-state index in [-0.39, 0.29) is 12.6 Å². The van der Waals surface area contributed by atoms with Gasteiger partial charge in [-0.1, -0.05) is 35.5 Å². The smallest absolute Gasteiger partial charge is 0.144 e. The van der Waals surface area contributed by atoms with Crippen molar-refractivity contribution < 1.29 is 15.1 Å². The highest BCUT2D eigenvalue weighted by atomic mass is 32.1. The third-order valence-electron chi connectivity index (χ3n) is 4.30. The Morgan fingerprint density at radius 1 is 1.04 bits per heavy atom. The average Bonchev–Trinajstić information content (AvgIpc) is 3.44. The highest BCUT2D eigenvalue weighted by molar-refractivity contribution is 7.08. The second kappa shape index (κ2) is 10.5. The van der Waals surface area contributed by atoms with Gasteiger partial charge >= 0.3 is 0 Å². The number of nitrogens with zero attached hydrogens (tertiary/aromatic N) is 1. The zero-order chi connectivity index (χ0) is 19.8. The first kappa shape index (κ1) is 20.7. The summed E-state index contributed by atoms with van der Waals surface area (Å²) < 4.78 is 0. The minimum Gasteiger partial charge on any atom is -0.392 e. The molecule has 148 valence electrons. The minimum atomic E-state index is -0.736. The fourth-order valence-electron chi connectivity index (χ4n) is 2.69. The minimum absolute atomic E-state index is 0.0684. The predicted molar refractivity (Wildman–Crippen MR) is 115 cm³/mol. The Morgan fingerprint density at radius 2 is 1.68 bits per heavy atom. The van der Waals surface area contributed by atoms with Gasteiger partial charge in [0.15, 0.2) is 0 Å². The lowest BCUT2D eigenvalue weighted by Crippen LogP contribution is -2.39. The van der Waals surface area contributed by atoms with E-state index < -0.39 is 12.2 Å². The van der Waals surface area contributed by atoms with Crippen molar-refractivity contribution in [1.82, 2.24) is 5.32 Å². The van der Waals surface area contributed by atoms with Gasteiger partial charge in [-0.25, -0.2) is 0 Å². The standard InChI is InChI=1S/C21H24N2O3S2/c1-15(21(25)16-5-3-2-4-6-16)22-11-19(24)12-26-23-20(17-7-9-27-13-17)18-8-10-28-14-18/h2-10,13-15,19,21-22,24-25H,11-12H2,1H3. The Kier molecular flexibility index (Phi) is 7.76. The van der Waals surface area contributed by atoms with Crippen LogP contribution in [0.3, 0.4) is 0 Å². The monoisotopic (exact) mass is 416 g/mol. The van der Waals surface area contributed by atoms with E-state index in [1.807, 2.05) is 70.9 Å². The van der Waals surface area contributed by atoms with Crippen LogP contribution in [-0.4, -0.2) is 41.2 Å². The van der Waals surface area contributed by atoms with Gasteiger partial charge in [0, 0.05) is 34.5 Å². The summed E-state index contributed by atoms with van der Waals surface area (Å²) in [6.45, 7) is 2.25. The Morgan fingerprint density at radius 3 is 2.25 bits per heavy atom. The summed E-state index contributed by atoms with van der Waals surface area (Å²) in [7, 11) is 0. The number of rotatable bonds is 10. The number of hydrogen-bond acceptors (Lipinski definition) is 7. The first-order chi connectivity index (χ1) is 13.6. The molecule has 2 heterocycles. The Labute approximate surface area is 172 Å². The molecule has 0 saturated heterocycles. The number of benzene rings is 1. The summed E-state index contributed by atoms with van der Waals surface area (Å²) in [5.41, 5.74) is 3.59. The molecule has 3 rings (SSSR count). The van der Waals surface area contributed by atoms with Crippen molar-refractivity contribution in [2.45, 2.75) is 25.2 Å². The van der Waals surface area contributed by atoms with E-state index in [1.165, 1.54) is 0 Å². The quantitative estimate of drug-likeness (QED) is 0.348. The molecular weight excluding hydrogens is 392 g/mol. The van der Waals surface area contributed by atoms with Crippen LogP contribution >= 0.6 is 22.7 Å². The van der Waals surface area contributed by atoms with Crippen molar-refractivity contribution in [3.05, 3.63) is 80.7 Å². The molecule has 3 aromatic rings. The summed E-state index contributed by atoms with van der Waals surface area (Å²) in [4.78, 5) is 5.43. The molecule has 0 radical (unpaired) electrons. The second-order valence-corrected chi connectivity index (χ2v) is 8.03. The maximum Gasteiger partial charge on any atom is 0.144 e. The van der Waals surface area contributed by atoms with Crippen LogP contribution in [0.25, 0.3) is 0 Å². The van der Waals surface area contributed by atoms with Gasteiger partial charge < -0.3 is 20.4 Å². The molecule has 0 saturated carbocycles. The van der Waals surface area contributed by atoms with Crippen LogP contribution in [0.1, 0.15) is 29.7 Å². The highest BCUT2D eigenvalue weighted by Gasteiger charge is 2.17. The molecule has 1 aromatic carbocycles. The molecule has 0 aliphatic carbocycles. The molecule has 0 spiro atoms. The maximum atomic E-state index is 10.4. The molecule has 0 fully saturated rings. The van der Waals surface area contributed by atoms with Crippen LogP contribution in [0.15, 0.2) is 69.1 Å². The second-order valence-electron chi connectivity index (χ2n) is 6.47. The van der Waals surface area contributed by atoms with E-state index in [1.54, 1.807) is 22.7 Å². The molecule has 3 atom stereocenters. The maximum absolute atomic E-state index is 10.4. The molecule has 0 bridgehead atoms. The normalized spacial score (nSPS) is 14.2. The van der Waals surface area contributed by atoms with Gasteiger partial charge in [-0.3, -0.25) is 0 Å². The van der Waals surface area contributed by atoms with Crippen LogP contribution in [-0.2, 0) is 4.84 Å². The fourth-order valence-corrected chi connectivity index (χ4v) is 3.97. The topological polar surface area (TPSA) is 74.1 Å². The lowest BCUT2D eigenvalue weighted by molar-refractivity contribution is 0.0350. The third kappa shape index (κ3) is 5.73. The first-order valence-corrected chi connectivity index (χ1v) is 10.9. The van der Waals surface area contributed by atoms with E-state index in [0.717, 1.165) is 22.4 Å². The zero-order valence-corrected chi connectivity index (χ0v) is 17.2. The van der Waals surface area contributed by atoms with Crippen LogP contribution in [0.5, 0.6) is 0 Å². The van der Waals surface area contributed by atoms with Gasteiger partial charge in [0.25, 0.3) is 0 Å². The van der Waals surface area contributed by atoms with Crippen molar-refractivity contribution in [1.29, 1.82) is 0 Å². The molecule has 0 amide bonds. The van der Waals surface area contributed by atoms with Gasteiger partial charge in [-0.05, 0) is 35.4 Å². The van der Waals surface area contributed by atoms with E-state index in [2.05, 4.69) is 10.5 Å². The number of aliphatic hydroxyl groups excluding tert-OH is 2. The van der Waals surface area contributed by atoms with Crippen LogP contribution < -0.4 is 5.32 Å². The van der Waals surface area contributed by atoms with Gasteiger partial charge in [0.2, 0.25) is 0 Å². The van der Waals surface area contributed by atoms with Gasteiger partial charge in [-0.2, -0.15) is 22.7 Å². The lowest BCUT2D eigenvalue weighted by atomic mass is 10.0. The van der Waals surface area contributed by atoms with Gasteiger partial charge in [0.1, 0.15) is 18.4 Å². The summed E-state index contributed by atoms with van der Waals surface area (Å²) in [6.07, 6.45) is -1.38. The average molecular weight is 417 g/mol. The Hall–Kier alpha value is -2.03. The number of hydrogen-bond donors (Lipinski definition) is 3. The highest BCUT2D eigenvalue weighted by Crippen LogP contribution is 2.17. The number of thiophene rings is 2. The Balaban J connectivity index is 1.49. The summed E-state index contributed by atoms with van der Waals surface area (Å²) in [6, 6.07) is 13.3. The zero-order valence-electron chi connectivity index (χ0n) is 15.6. The van der Waals surface area contributed by atoms with Crippen molar-refractivity contribution in [3.8, 4) is 0 Å². The molecule has 0 aliphatic rings. The van der Waals surface area contributed by atoms with E-state index >= 15 is 0 Å². The summed E-state index contributed by atoms with van der Waals surface area (Å²) >= 11 is 3.20. The van der Waals surface area contributed by atoms with E-state index in [0.29, 0.717) is 6.54 Å². The number of nitrogens with one attached hydrogen (secondary N) is 1. The molecule has 3 N–H and O–H groups in total. The van der Waals surface area contributed by atoms with E-state index in [9.17, 15) is 10.2 Å². The summed E-state index contributed by atoms with van der Waals surface area (Å²) in [5.74, 6) is 0. The van der Waals surface area contributed by atoms with Gasteiger partial charge in [0.05, 0.1) is 6.10 Å². The van der Waals surface area contributed by atoms with Crippen molar-refractivity contribution >= 4 is 28.4 Å². The molecule has 0 aliphatic heterocycles. The lowest BCUT2D eigenvalue weighted by Gasteiger charge is -2.22.